The number of amides is 1. The number of pyridine rings is 1. The van der Waals surface area contributed by atoms with Crippen molar-refractivity contribution in [2.45, 2.75) is 45.1 Å². The second kappa shape index (κ2) is 5.36. The molecule has 2 saturated carbocycles. The summed E-state index contributed by atoms with van der Waals surface area (Å²) in [6.07, 6.45) is 7.09. The van der Waals surface area contributed by atoms with E-state index in [1.807, 2.05) is 6.92 Å². The number of nitrogens with zero attached hydrogens (tertiary/aromatic N) is 2. The Morgan fingerprint density at radius 2 is 2.19 bits per heavy atom. The van der Waals surface area contributed by atoms with E-state index in [0.29, 0.717) is 18.0 Å². The maximum atomic E-state index is 12.1. The molecule has 0 aromatic carbocycles. The summed E-state index contributed by atoms with van der Waals surface area (Å²) >= 11 is 0. The van der Waals surface area contributed by atoms with Crippen molar-refractivity contribution in [1.82, 2.24) is 4.98 Å². The van der Waals surface area contributed by atoms with E-state index in [2.05, 4.69) is 16.4 Å². The molecule has 5 nitrogen and oxygen atoms in total. The molecule has 0 bridgehead atoms. The zero-order chi connectivity index (χ0) is 14.9. The fourth-order valence-corrected chi connectivity index (χ4v) is 2.89. The summed E-state index contributed by atoms with van der Waals surface area (Å²) in [4.78, 5) is 16.3. The number of nitriles is 1. The zero-order valence-electron chi connectivity index (χ0n) is 12.1. The predicted molar refractivity (Wildman–Crippen MR) is 77.6 cm³/mol. The molecule has 1 aromatic heterocycles. The highest BCUT2D eigenvalue weighted by Crippen LogP contribution is 2.52. The SMILES string of the molecule is CC1CC1(C#N)C(=O)Nc1ccc(OC2CCCC2)nc1. The Labute approximate surface area is 124 Å². The summed E-state index contributed by atoms with van der Waals surface area (Å²) < 4.78 is 5.78. The van der Waals surface area contributed by atoms with Crippen molar-refractivity contribution in [1.29, 1.82) is 5.26 Å². The standard InChI is InChI=1S/C16H19N3O2/c1-11-8-16(11,10-17)15(20)19-12-6-7-14(18-9-12)21-13-4-2-3-5-13/h6-7,9,11,13H,2-5,8H2,1H3,(H,19,20). The molecule has 3 rings (SSSR count). The van der Waals surface area contributed by atoms with Gasteiger partial charge < -0.3 is 10.1 Å². The number of hydrogen-bond donors (Lipinski definition) is 1. The molecule has 2 aliphatic rings. The van der Waals surface area contributed by atoms with Crippen LogP contribution in [0.3, 0.4) is 0 Å². The summed E-state index contributed by atoms with van der Waals surface area (Å²) in [6.45, 7) is 1.92. The van der Waals surface area contributed by atoms with Crippen LogP contribution in [0.5, 0.6) is 5.88 Å². The van der Waals surface area contributed by atoms with Crippen molar-refractivity contribution in [3.8, 4) is 11.9 Å². The van der Waals surface area contributed by atoms with Crippen LogP contribution in [0.4, 0.5) is 5.69 Å². The van der Waals surface area contributed by atoms with Crippen LogP contribution in [0.1, 0.15) is 39.0 Å². The summed E-state index contributed by atoms with van der Waals surface area (Å²) in [6, 6.07) is 5.66. The highest BCUT2D eigenvalue weighted by atomic mass is 16.5. The normalized spacial score (nSPS) is 27.9. The van der Waals surface area contributed by atoms with Crippen LogP contribution >= 0.6 is 0 Å². The van der Waals surface area contributed by atoms with Gasteiger partial charge in [0, 0.05) is 6.07 Å². The third kappa shape index (κ3) is 2.71. The smallest absolute Gasteiger partial charge is 0.245 e. The molecule has 1 heterocycles. The van der Waals surface area contributed by atoms with E-state index in [0.717, 1.165) is 12.8 Å². The first-order valence-electron chi connectivity index (χ1n) is 7.49. The van der Waals surface area contributed by atoms with Crippen LogP contribution in [0.15, 0.2) is 18.3 Å². The van der Waals surface area contributed by atoms with Crippen molar-refractivity contribution in [2.75, 3.05) is 5.32 Å². The zero-order valence-corrected chi connectivity index (χ0v) is 12.1. The van der Waals surface area contributed by atoms with Crippen molar-refractivity contribution in [2.24, 2.45) is 11.3 Å². The predicted octanol–water partition coefficient (Wildman–Crippen LogP) is 2.89. The average Bonchev–Trinajstić information content (AvgIpc) is 2.91. The number of carbonyl (C=O) groups excluding carboxylic acids is 1. The minimum atomic E-state index is -0.848. The second-order valence-corrected chi connectivity index (χ2v) is 6.05. The maximum Gasteiger partial charge on any atom is 0.245 e. The molecule has 0 radical (unpaired) electrons. The first kappa shape index (κ1) is 13.9. The lowest BCUT2D eigenvalue weighted by molar-refractivity contribution is -0.119. The van der Waals surface area contributed by atoms with Crippen molar-refractivity contribution in [3.63, 3.8) is 0 Å². The molecule has 1 aromatic rings. The van der Waals surface area contributed by atoms with Crippen LogP contribution in [-0.2, 0) is 4.79 Å². The highest BCUT2D eigenvalue weighted by molar-refractivity contribution is 5.99. The molecular formula is C16H19N3O2. The molecule has 5 heteroatoms. The molecular weight excluding hydrogens is 266 g/mol. The Hall–Kier alpha value is -2.09. The summed E-state index contributed by atoms with van der Waals surface area (Å²) in [5.41, 5.74) is -0.244. The second-order valence-electron chi connectivity index (χ2n) is 6.05. The van der Waals surface area contributed by atoms with Gasteiger partial charge in [-0.1, -0.05) is 6.92 Å². The summed E-state index contributed by atoms with van der Waals surface area (Å²) in [5.74, 6) is 0.485. The molecule has 2 aliphatic carbocycles. The molecule has 2 unspecified atom stereocenters. The number of nitrogens with one attached hydrogen (secondary N) is 1. The largest absolute Gasteiger partial charge is 0.474 e. The number of anilines is 1. The first-order chi connectivity index (χ1) is 10.1. The van der Waals surface area contributed by atoms with Crippen molar-refractivity contribution < 1.29 is 9.53 Å². The van der Waals surface area contributed by atoms with Crippen molar-refractivity contribution >= 4 is 11.6 Å². The summed E-state index contributed by atoms with van der Waals surface area (Å²) in [5, 5.41) is 11.9. The van der Waals surface area contributed by atoms with E-state index in [4.69, 9.17) is 10.00 Å². The third-order valence-corrected chi connectivity index (χ3v) is 4.50. The molecule has 2 fully saturated rings. The van der Waals surface area contributed by atoms with E-state index in [9.17, 15) is 4.79 Å². The molecule has 0 aliphatic heterocycles. The third-order valence-electron chi connectivity index (χ3n) is 4.50. The minimum absolute atomic E-state index is 0.125. The lowest BCUT2D eigenvalue weighted by atomic mass is 10.1. The Morgan fingerprint density at radius 1 is 1.48 bits per heavy atom. The van der Waals surface area contributed by atoms with E-state index < -0.39 is 5.41 Å². The van der Waals surface area contributed by atoms with E-state index in [-0.39, 0.29) is 17.9 Å². The van der Waals surface area contributed by atoms with Crippen molar-refractivity contribution in [3.05, 3.63) is 18.3 Å². The Bertz CT molecular complexity index is 572. The quantitative estimate of drug-likeness (QED) is 0.923. The van der Waals surface area contributed by atoms with Crippen LogP contribution in [0.25, 0.3) is 0 Å². The van der Waals surface area contributed by atoms with Gasteiger partial charge >= 0.3 is 0 Å². The molecule has 1 N–H and O–H groups in total. The number of aromatic nitrogens is 1. The van der Waals surface area contributed by atoms with Crippen LogP contribution in [-0.4, -0.2) is 17.0 Å². The van der Waals surface area contributed by atoms with Gasteiger partial charge in [-0.15, -0.1) is 0 Å². The maximum absolute atomic E-state index is 12.1. The number of carbonyl (C=O) groups is 1. The minimum Gasteiger partial charge on any atom is -0.474 e. The van der Waals surface area contributed by atoms with Gasteiger partial charge in [0.15, 0.2) is 0 Å². The van der Waals surface area contributed by atoms with E-state index >= 15 is 0 Å². The Morgan fingerprint density at radius 3 is 2.71 bits per heavy atom. The molecule has 1 amide bonds. The fourth-order valence-electron chi connectivity index (χ4n) is 2.89. The lowest BCUT2D eigenvalue weighted by Crippen LogP contribution is -2.24. The van der Waals surface area contributed by atoms with Crippen LogP contribution in [0, 0.1) is 22.7 Å². The van der Waals surface area contributed by atoms with E-state index in [1.165, 1.54) is 12.8 Å². The first-order valence-corrected chi connectivity index (χ1v) is 7.49. The summed E-state index contributed by atoms with van der Waals surface area (Å²) in [7, 11) is 0. The average molecular weight is 285 g/mol. The number of hydrogen-bond acceptors (Lipinski definition) is 4. The van der Waals surface area contributed by atoms with Gasteiger partial charge in [0.25, 0.3) is 0 Å². The molecule has 110 valence electrons. The molecule has 21 heavy (non-hydrogen) atoms. The monoisotopic (exact) mass is 285 g/mol. The number of rotatable bonds is 4. The van der Waals surface area contributed by atoms with Gasteiger partial charge in [0.05, 0.1) is 18.0 Å². The number of ether oxygens (including phenoxy) is 1. The van der Waals surface area contributed by atoms with Gasteiger partial charge in [-0.3, -0.25) is 4.79 Å². The highest BCUT2D eigenvalue weighted by Gasteiger charge is 2.58. The van der Waals surface area contributed by atoms with Gasteiger partial charge in [-0.25, -0.2) is 4.98 Å². The van der Waals surface area contributed by atoms with Crippen LogP contribution in [0.2, 0.25) is 0 Å². The van der Waals surface area contributed by atoms with Gasteiger partial charge in [0.1, 0.15) is 11.5 Å². The van der Waals surface area contributed by atoms with E-state index in [1.54, 1.807) is 18.3 Å². The lowest BCUT2D eigenvalue weighted by Gasteiger charge is -2.13. The van der Waals surface area contributed by atoms with Gasteiger partial charge in [-0.05, 0) is 44.1 Å². The van der Waals surface area contributed by atoms with Gasteiger partial charge in [-0.2, -0.15) is 5.26 Å². The topological polar surface area (TPSA) is 75.0 Å². The van der Waals surface area contributed by atoms with Gasteiger partial charge in [0.2, 0.25) is 11.8 Å². The molecule has 0 spiro atoms. The van der Waals surface area contributed by atoms with Crippen LogP contribution < -0.4 is 10.1 Å². The molecule has 2 atom stereocenters. The Balaban J connectivity index is 1.59. The Kier molecular flexibility index (Phi) is 3.54. The molecule has 0 saturated heterocycles. The fraction of sp³-hybridized carbons (Fsp3) is 0.562.